The summed E-state index contributed by atoms with van der Waals surface area (Å²) in [6.07, 6.45) is 0. The molecule has 3 rings (SSSR count). The number of carbonyl (C=O) groups excluding carboxylic acids is 2. The first-order chi connectivity index (χ1) is 14.6. The van der Waals surface area contributed by atoms with Crippen LogP contribution in [0.1, 0.15) is 22.8 Å². The first-order valence-electron chi connectivity index (χ1n) is 10.1. The number of likely N-dealkylation sites (N-methyl/N-ethyl adjacent to an activating group) is 1. The summed E-state index contributed by atoms with van der Waals surface area (Å²) >= 11 is 0. The molecule has 0 saturated carbocycles. The van der Waals surface area contributed by atoms with E-state index in [1.807, 2.05) is 79.7 Å². The van der Waals surface area contributed by atoms with E-state index >= 15 is 0 Å². The molecule has 5 nitrogen and oxygen atoms in total. The maximum Gasteiger partial charge on any atom is 0.258 e. The number of rotatable bonds is 8. The molecule has 0 unspecified atom stereocenters. The molecule has 0 aliphatic heterocycles. The highest BCUT2D eigenvalue weighted by Crippen LogP contribution is 2.18. The second kappa shape index (κ2) is 10.3. The van der Waals surface area contributed by atoms with Gasteiger partial charge in [0.1, 0.15) is 0 Å². The van der Waals surface area contributed by atoms with Crippen molar-refractivity contribution >= 4 is 23.2 Å². The van der Waals surface area contributed by atoms with E-state index in [9.17, 15) is 9.59 Å². The number of nitrogens with one attached hydrogen (secondary N) is 1. The minimum Gasteiger partial charge on any atom is -0.376 e. The van der Waals surface area contributed by atoms with Gasteiger partial charge in [-0.15, -0.1) is 0 Å². The molecule has 3 aromatic rings. The third kappa shape index (κ3) is 5.47. The molecule has 0 aliphatic carbocycles. The maximum absolute atomic E-state index is 13.0. The number of anilines is 2. The average molecular weight is 402 g/mol. The second-order valence-electron chi connectivity index (χ2n) is 7.05. The highest BCUT2D eigenvalue weighted by molar-refractivity contribution is 6.06. The van der Waals surface area contributed by atoms with Gasteiger partial charge in [0.2, 0.25) is 5.91 Å². The Labute approximate surface area is 177 Å². The molecule has 30 heavy (non-hydrogen) atoms. The lowest BCUT2D eigenvalue weighted by atomic mass is 10.1. The van der Waals surface area contributed by atoms with Crippen molar-refractivity contribution in [2.24, 2.45) is 0 Å². The molecule has 0 heterocycles. The fraction of sp³-hybridized carbons (Fsp3) is 0.200. The van der Waals surface area contributed by atoms with Crippen LogP contribution in [-0.2, 0) is 11.3 Å². The lowest BCUT2D eigenvalue weighted by molar-refractivity contribution is -0.128. The van der Waals surface area contributed by atoms with E-state index in [-0.39, 0.29) is 18.4 Å². The Kier molecular flexibility index (Phi) is 7.22. The fourth-order valence-corrected chi connectivity index (χ4v) is 3.23. The predicted octanol–water partition coefficient (Wildman–Crippen LogP) is 4.42. The van der Waals surface area contributed by atoms with Crippen LogP contribution in [0.5, 0.6) is 0 Å². The Morgan fingerprint density at radius 1 is 0.867 bits per heavy atom. The van der Waals surface area contributed by atoms with Gasteiger partial charge in [0.05, 0.1) is 6.54 Å². The Morgan fingerprint density at radius 3 is 2.20 bits per heavy atom. The monoisotopic (exact) mass is 401 g/mol. The summed E-state index contributed by atoms with van der Waals surface area (Å²) in [7, 11) is 1.79. The molecule has 3 aromatic carbocycles. The number of nitrogens with zero attached hydrogens (tertiary/aromatic N) is 2. The molecule has 0 saturated heterocycles. The number of amides is 2. The first-order valence-corrected chi connectivity index (χ1v) is 10.1. The van der Waals surface area contributed by atoms with Gasteiger partial charge < -0.3 is 15.1 Å². The van der Waals surface area contributed by atoms with Gasteiger partial charge in [0.15, 0.2) is 0 Å². The van der Waals surface area contributed by atoms with E-state index in [0.717, 1.165) is 16.9 Å². The van der Waals surface area contributed by atoms with E-state index in [4.69, 9.17) is 0 Å². The van der Waals surface area contributed by atoms with Crippen LogP contribution in [0.4, 0.5) is 11.4 Å². The molecule has 0 spiro atoms. The fourth-order valence-electron chi connectivity index (χ4n) is 3.23. The van der Waals surface area contributed by atoms with Crippen molar-refractivity contribution in [3.63, 3.8) is 0 Å². The molecule has 5 heteroatoms. The molecule has 2 amide bonds. The third-order valence-electron chi connectivity index (χ3n) is 4.87. The van der Waals surface area contributed by atoms with Crippen molar-refractivity contribution in [1.82, 2.24) is 4.90 Å². The second-order valence-corrected chi connectivity index (χ2v) is 7.05. The van der Waals surface area contributed by atoms with Gasteiger partial charge in [-0.3, -0.25) is 9.59 Å². The van der Waals surface area contributed by atoms with E-state index < -0.39 is 0 Å². The lowest BCUT2D eigenvalue weighted by Crippen LogP contribution is -2.32. The Hall–Kier alpha value is -3.60. The quantitative estimate of drug-likeness (QED) is 0.608. The zero-order valence-corrected chi connectivity index (χ0v) is 17.4. The summed E-state index contributed by atoms with van der Waals surface area (Å²) in [6, 6.07) is 26.8. The zero-order chi connectivity index (χ0) is 21.3. The Balaban J connectivity index is 1.62. The van der Waals surface area contributed by atoms with Crippen molar-refractivity contribution in [1.29, 1.82) is 0 Å². The van der Waals surface area contributed by atoms with Crippen LogP contribution >= 0.6 is 0 Å². The lowest BCUT2D eigenvalue weighted by Gasteiger charge is -2.21. The number of para-hydroxylation sites is 1. The van der Waals surface area contributed by atoms with Crippen LogP contribution in [0, 0.1) is 0 Å². The molecule has 0 aromatic heterocycles. The first kappa shape index (κ1) is 21.1. The Morgan fingerprint density at radius 2 is 1.53 bits per heavy atom. The summed E-state index contributed by atoms with van der Waals surface area (Å²) in [5.74, 6) is -0.0880. The van der Waals surface area contributed by atoms with E-state index in [1.54, 1.807) is 29.0 Å². The zero-order valence-electron chi connectivity index (χ0n) is 17.4. The van der Waals surface area contributed by atoms with Crippen molar-refractivity contribution in [2.75, 3.05) is 30.4 Å². The Bertz CT molecular complexity index is 974. The van der Waals surface area contributed by atoms with Crippen molar-refractivity contribution < 1.29 is 9.59 Å². The molecule has 0 bridgehead atoms. The van der Waals surface area contributed by atoms with Crippen molar-refractivity contribution in [3.05, 3.63) is 96.1 Å². The predicted molar refractivity (Wildman–Crippen MR) is 122 cm³/mol. The molecule has 154 valence electrons. The summed E-state index contributed by atoms with van der Waals surface area (Å²) in [5, 5.41) is 3.14. The molecule has 0 fully saturated rings. The van der Waals surface area contributed by atoms with Gasteiger partial charge in [0, 0.05) is 37.1 Å². The van der Waals surface area contributed by atoms with Gasteiger partial charge in [-0.2, -0.15) is 0 Å². The minimum absolute atomic E-state index is 0.0185. The van der Waals surface area contributed by atoms with E-state index in [2.05, 4.69) is 5.32 Å². The van der Waals surface area contributed by atoms with Gasteiger partial charge in [-0.05, 0) is 42.8 Å². The highest BCUT2D eigenvalue weighted by atomic mass is 16.2. The van der Waals surface area contributed by atoms with Crippen LogP contribution in [0.3, 0.4) is 0 Å². The standard InChI is InChI=1S/C25H27N3O2/c1-3-28(23-15-8-5-9-16-23)25(30)21-13-10-14-22(17-21)26-18-24(29)27(2)19-20-11-6-4-7-12-20/h4-17,26H,3,18-19H2,1-2H3. The van der Waals surface area contributed by atoms with Gasteiger partial charge in [-0.25, -0.2) is 0 Å². The van der Waals surface area contributed by atoms with Crippen LogP contribution < -0.4 is 10.2 Å². The van der Waals surface area contributed by atoms with Crippen LogP contribution in [0.25, 0.3) is 0 Å². The topological polar surface area (TPSA) is 52.7 Å². The summed E-state index contributed by atoms with van der Waals surface area (Å²) in [4.78, 5) is 28.9. The van der Waals surface area contributed by atoms with E-state index in [0.29, 0.717) is 18.7 Å². The van der Waals surface area contributed by atoms with Gasteiger partial charge >= 0.3 is 0 Å². The molecule has 1 N–H and O–H groups in total. The molecule has 0 atom stereocenters. The van der Waals surface area contributed by atoms with Crippen LogP contribution in [0.2, 0.25) is 0 Å². The number of hydrogen-bond donors (Lipinski definition) is 1. The largest absolute Gasteiger partial charge is 0.376 e. The summed E-state index contributed by atoms with van der Waals surface area (Å²) < 4.78 is 0. The van der Waals surface area contributed by atoms with Crippen molar-refractivity contribution in [3.8, 4) is 0 Å². The molecule has 0 radical (unpaired) electrons. The van der Waals surface area contributed by atoms with Gasteiger partial charge in [-0.1, -0.05) is 54.6 Å². The number of benzene rings is 3. The third-order valence-corrected chi connectivity index (χ3v) is 4.87. The highest BCUT2D eigenvalue weighted by Gasteiger charge is 2.16. The van der Waals surface area contributed by atoms with Crippen LogP contribution in [0.15, 0.2) is 84.9 Å². The molecular formula is C25H27N3O2. The molecule has 0 aliphatic rings. The van der Waals surface area contributed by atoms with Gasteiger partial charge in [0.25, 0.3) is 5.91 Å². The minimum atomic E-state index is -0.0696. The number of carbonyl (C=O) groups is 2. The van der Waals surface area contributed by atoms with Crippen molar-refractivity contribution in [2.45, 2.75) is 13.5 Å². The normalized spacial score (nSPS) is 10.3. The SMILES string of the molecule is CCN(C(=O)c1cccc(NCC(=O)N(C)Cc2ccccc2)c1)c1ccccc1. The smallest absolute Gasteiger partial charge is 0.258 e. The summed E-state index contributed by atoms with van der Waals surface area (Å²) in [5.41, 5.74) is 3.27. The molecular weight excluding hydrogens is 374 g/mol. The average Bonchev–Trinajstić information content (AvgIpc) is 2.79. The number of hydrogen-bond acceptors (Lipinski definition) is 3. The van der Waals surface area contributed by atoms with E-state index in [1.165, 1.54) is 0 Å². The maximum atomic E-state index is 13.0. The van der Waals surface area contributed by atoms with Crippen LogP contribution in [-0.4, -0.2) is 36.9 Å². The summed E-state index contributed by atoms with van der Waals surface area (Å²) in [6.45, 7) is 3.25.